The van der Waals surface area contributed by atoms with Gasteiger partial charge in [-0.2, -0.15) is 0 Å². The largest absolute Gasteiger partial charge is 0.398 e. The van der Waals surface area contributed by atoms with Crippen LogP contribution in [0.3, 0.4) is 0 Å². The number of primary sulfonamides is 1. The van der Waals surface area contributed by atoms with Gasteiger partial charge in [0.25, 0.3) is 0 Å². The molecule has 0 aliphatic carbocycles. The molecule has 0 aromatic heterocycles. The van der Waals surface area contributed by atoms with Crippen LogP contribution in [0, 0.1) is 5.92 Å². The first-order chi connectivity index (χ1) is 8.21. The van der Waals surface area contributed by atoms with Crippen molar-refractivity contribution in [3.63, 3.8) is 0 Å². The van der Waals surface area contributed by atoms with Gasteiger partial charge in [0.1, 0.15) is 4.90 Å². The molecule has 0 aliphatic rings. The van der Waals surface area contributed by atoms with E-state index < -0.39 is 10.0 Å². The molecule has 0 unspecified atom stereocenters. The zero-order valence-electron chi connectivity index (χ0n) is 11.1. The minimum atomic E-state index is -3.75. The van der Waals surface area contributed by atoms with Crippen molar-refractivity contribution in [3.8, 4) is 0 Å². The van der Waals surface area contributed by atoms with Crippen molar-refractivity contribution in [2.75, 3.05) is 24.2 Å². The molecule has 0 fully saturated rings. The minimum absolute atomic E-state index is 0.0245. The maximum Gasteiger partial charge on any atom is 0.240 e. The smallest absolute Gasteiger partial charge is 0.240 e. The van der Waals surface area contributed by atoms with E-state index in [9.17, 15) is 8.42 Å². The van der Waals surface area contributed by atoms with Crippen LogP contribution in [0.15, 0.2) is 23.1 Å². The Kier molecular flexibility index (Phi) is 4.59. The van der Waals surface area contributed by atoms with Gasteiger partial charge >= 0.3 is 0 Å². The molecule has 0 atom stereocenters. The number of nitrogens with zero attached hydrogens (tertiary/aromatic N) is 1. The van der Waals surface area contributed by atoms with Gasteiger partial charge in [0, 0.05) is 19.3 Å². The molecule has 5 nitrogen and oxygen atoms in total. The molecule has 0 bridgehead atoms. The van der Waals surface area contributed by atoms with Crippen molar-refractivity contribution < 1.29 is 8.42 Å². The molecular weight excluding hydrogens is 250 g/mol. The topological polar surface area (TPSA) is 89.4 Å². The number of hydrogen-bond acceptors (Lipinski definition) is 4. The third kappa shape index (κ3) is 3.89. The van der Waals surface area contributed by atoms with Gasteiger partial charge in [-0.1, -0.05) is 13.8 Å². The van der Waals surface area contributed by atoms with Gasteiger partial charge < -0.3 is 10.6 Å². The molecule has 0 spiro atoms. The summed E-state index contributed by atoms with van der Waals surface area (Å²) >= 11 is 0. The van der Waals surface area contributed by atoms with Crippen molar-refractivity contribution >= 4 is 21.4 Å². The first-order valence-corrected chi connectivity index (χ1v) is 7.40. The van der Waals surface area contributed by atoms with Crippen LogP contribution in [0.5, 0.6) is 0 Å². The second kappa shape index (κ2) is 5.58. The fourth-order valence-electron chi connectivity index (χ4n) is 1.61. The standard InChI is InChI=1S/C12H21N3O2S/c1-9(2)6-7-15(3)10-4-5-12(11(13)8-10)18(14,16)17/h4-5,8-9H,6-7,13H2,1-3H3,(H2,14,16,17). The molecule has 0 amide bonds. The average Bonchev–Trinajstić information content (AvgIpc) is 2.23. The van der Waals surface area contributed by atoms with E-state index in [1.165, 1.54) is 6.07 Å². The zero-order valence-corrected chi connectivity index (χ0v) is 11.9. The molecule has 0 aliphatic heterocycles. The molecule has 0 saturated carbocycles. The van der Waals surface area contributed by atoms with E-state index in [2.05, 4.69) is 13.8 Å². The van der Waals surface area contributed by atoms with Gasteiger partial charge in [0.2, 0.25) is 10.0 Å². The van der Waals surface area contributed by atoms with Gasteiger partial charge in [-0.05, 0) is 30.5 Å². The molecule has 4 N–H and O–H groups in total. The van der Waals surface area contributed by atoms with Crippen LogP contribution in [0.4, 0.5) is 11.4 Å². The molecule has 18 heavy (non-hydrogen) atoms. The van der Waals surface area contributed by atoms with Crippen LogP contribution in [-0.2, 0) is 10.0 Å². The predicted molar refractivity (Wildman–Crippen MR) is 75.0 cm³/mol. The highest BCUT2D eigenvalue weighted by Crippen LogP contribution is 2.23. The summed E-state index contributed by atoms with van der Waals surface area (Å²) in [5.41, 5.74) is 6.79. The Bertz CT molecular complexity index is 512. The lowest BCUT2D eigenvalue weighted by Crippen LogP contribution is -2.21. The summed E-state index contributed by atoms with van der Waals surface area (Å²) in [6, 6.07) is 4.81. The predicted octanol–water partition coefficient (Wildman–Crippen LogP) is 1.40. The molecule has 0 radical (unpaired) electrons. The van der Waals surface area contributed by atoms with Crippen molar-refractivity contribution in [1.29, 1.82) is 0 Å². The Morgan fingerprint density at radius 2 is 1.94 bits per heavy atom. The normalized spacial score (nSPS) is 11.8. The summed E-state index contributed by atoms with van der Waals surface area (Å²) in [4.78, 5) is 2.02. The molecule has 102 valence electrons. The molecule has 0 saturated heterocycles. The van der Waals surface area contributed by atoms with E-state index in [4.69, 9.17) is 10.9 Å². The highest BCUT2D eigenvalue weighted by atomic mass is 32.2. The Morgan fingerprint density at radius 3 is 2.39 bits per heavy atom. The zero-order chi connectivity index (χ0) is 13.9. The Hall–Kier alpha value is -1.27. The van der Waals surface area contributed by atoms with Crippen molar-refractivity contribution in [1.82, 2.24) is 0 Å². The first kappa shape index (κ1) is 14.8. The summed E-state index contributed by atoms with van der Waals surface area (Å²) in [6.07, 6.45) is 1.06. The van der Waals surface area contributed by atoms with E-state index >= 15 is 0 Å². The maximum atomic E-state index is 11.2. The van der Waals surface area contributed by atoms with Crippen LogP contribution >= 0.6 is 0 Å². The second-order valence-electron chi connectivity index (χ2n) is 4.87. The van der Waals surface area contributed by atoms with E-state index in [0.717, 1.165) is 18.7 Å². The van der Waals surface area contributed by atoms with Crippen LogP contribution < -0.4 is 15.8 Å². The average molecular weight is 271 g/mol. The van der Waals surface area contributed by atoms with Crippen molar-refractivity contribution in [2.45, 2.75) is 25.2 Å². The van der Waals surface area contributed by atoms with E-state index in [1.807, 2.05) is 11.9 Å². The lowest BCUT2D eigenvalue weighted by molar-refractivity contribution is 0.585. The van der Waals surface area contributed by atoms with Gasteiger partial charge in [-0.25, -0.2) is 13.6 Å². The molecule has 1 aromatic rings. The van der Waals surface area contributed by atoms with Crippen molar-refractivity contribution in [3.05, 3.63) is 18.2 Å². The third-order valence-electron chi connectivity index (χ3n) is 2.78. The van der Waals surface area contributed by atoms with E-state index in [-0.39, 0.29) is 10.6 Å². The Balaban J connectivity index is 2.91. The summed E-state index contributed by atoms with van der Waals surface area (Å²) in [7, 11) is -1.79. The summed E-state index contributed by atoms with van der Waals surface area (Å²) in [6.45, 7) is 5.21. The quantitative estimate of drug-likeness (QED) is 0.792. The number of hydrogen-bond donors (Lipinski definition) is 2. The number of nitrogens with two attached hydrogens (primary N) is 2. The lowest BCUT2D eigenvalue weighted by atomic mass is 10.1. The maximum absolute atomic E-state index is 11.2. The number of nitrogen functional groups attached to an aromatic ring is 1. The van der Waals surface area contributed by atoms with Gasteiger partial charge in [0.15, 0.2) is 0 Å². The number of rotatable bonds is 5. The van der Waals surface area contributed by atoms with E-state index in [1.54, 1.807) is 12.1 Å². The molecule has 1 rings (SSSR count). The third-order valence-corrected chi connectivity index (χ3v) is 3.77. The van der Waals surface area contributed by atoms with E-state index in [0.29, 0.717) is 5.92 Å². The monoisotopic (exact) mass is 271 g/mol. The fraction of sp³-hybridized carbons (Fsp3) is 0.500. The van der Waals surface area contributed by atoms with Crippen LogP contribution in [0.1, 0.15) is 20.3 Å². The lowest BCUT2D eigenvalue weighted by Gasteiger charge is -2.21. The molecule has 1 aromatic carbocycles. The highest BCUT2D eigenvalue weighted by Gasteiger charge is 2.13. The minimum Gasteiger partial charge on any atom is -0.398 e. The summed E-state index contributed by atoms with van der Waals surface area (Å²) in [5, 5.41) is 5.06. The summed E-state index contributed by atoms with van der Waals surface area (Å²) in [5.74, 6) is 0.619. The van der Waals surface area contributed by atoms with Gasteiger partial charge in [-0.15, -0.1) is 0 Å². The molecular formula is C12H21N3O2S. The Labute approximate surface area is 109 Å². The van der Waals surface area contributed by atoms with Crippen LogP contribution in [0.25, 0.3) is 0 Å². The molecule has 0 heterocycles. The molecule has 6 heteroatoms. The fourth-order valence-corrected chi connectivity index (χ4v) is 2.26. The second-order valence-corrected chi connectivity index (χ2v) is 6.40. The summed E-state index contributed by atoms with van der Waals surface area (Å²) < 4.78 is 22.5. The number of benzene rings is 1. The number of sulfonamides is 1. The van der Waals surface area contributed by atoms with Crippen LogP contribution in [-0.4, -0.2) is 22.0 Å². The SMILES string of the molecule is CC(C)CCN(C)c1ccc(S(N)(=O)=O)c(N)c1. The highest BCUT2D eigenvalue weighted by molar-refractivity contribution is 7.89. The first-order valence-electron chi connectivity index (χ1n) is 5.85. The Morgan fingerprint density at radius 1 is 1.33 bits per heavy atom. The van der Waals surface area contributed by atoms with Crippen LogP contribution in [0.2, 0.25) is 0 Å². The van der Waals surface area contributed by atoms with Crippen molar-refractivity contribution in [2.24, 2.45) is 11.1 Å². The van der Waals surface area contributed by atoms with Gasteiger partial charge in [-0.3, -0.25) is 0 Å². The number of anilines is 2. The van der Waals surface area contributed by atoms with Gasteiger partial charge in [0.05, 0.1) is 5.69 Å².